The quantitative estimate of drug-likeness (QED) is 0.287. The summed E-state index contributed by atoms with van der Waals surface area (Å²) in [5.74, 6) is 0.552. The van der Waals surface area contributed by atoms with Crippen LogP contribution in [0.25, 0.3) is 22.5 Å². The summed E-state index contributed by atoms with van der Waals surface area (Å²) in [4.78, 5) is 13.5. The van der Waals surface area contributed by atoms with Gasteiger partial charge < -0.3 is 0 Å². The maximum atomic E-state index is 13.5. The predicted molar refractivity (Wildman–Crippen MR) is 142 cm³/mol. The molecule has 0 bridgehead atoms. The first kappa shape index (κ1) is 23.8. The van der Waals surface area contributed by atoms with Crippen LogP contribution in [0.15, 0.2) is 83.7 Å². The van der Waals surface area contributed by atoms with Gasteiger partial charge in [-0.3, -0.25) is 9.13 Å². The molecule has 36 heavy (non-hydrogen) atoms. The van der Waals surface area contributed by atoms with Gasteiger partial charge in [-0.1, -0.05) is 104 Å². The Labute approximate surface area is 214 Å². The van der Waals surface area contributed by atoms with E-state index < -0.39 is 0 Å². The number of nitrogens with one attached hydrogen (secondary N) is 1. The van der Waals surface area contributed by atoms with Gasteiger partial charge in [0.15, 0.2) is 0 Å². The molecule has 182 valence electrons. The summed E-state index contributed by atoms with van der Waals surface area (Å²) in [5, 5.41) is 15.0. The number of halogens is 1. The van der Waals surface area contributed by atoms with E-state index in [0.29, 0.717) is 24.1 Å². The minimum absolute atomic E-state index is 0.0820. The molecule has 5 aromatic rings. The summed E-state index contributed by atoms with van der Waals surface area (Å²) < 4.78 is 3.50. The summed E-state index contributed by atoms with van der Waals surface area (Å²) in [5.41, 5.74) is 5.85. The number of rotatable bonds is 9. The number of hydrogen-bond acceptors (Lipinski definition) is 4. The minimum atomic E-state index is -0.0820. The molecule has 0 atom stereocenters. The van der Waals surface area contributed by atoms with Crippen molar-refractivity contribution in [1.82, 2.24) is 29.8 Å². The minimum Gasteiger partial charge on any atom is -0.290 e. The highest BCUT2D eigenvalue weighted by Gasteiger charge is 2.19. The highest BCUT2D eigenvalue weighted by Crippen LogP contribution is 2.30. The number of unbranched alkanes of at least 4 members (excludes halogenated alkanes) is 1. The number of benzene rings is 3. The summed E-state index contributed by atoms with van der Waals surface area (Å²) in [6.07, 6.45) is 2.77. The maximum absolute atomic E-state index is 13.5. The lowest BCUT2D eigenvalue weighted by Gasteiger charge is -2.10. The van der Waals surface area contributed by atoms with Crippen LogP contribution in [0, 0.1) is 0 Å². The molecule has 3 aromatic carbocycles. The van der Waals surface area contributed by atoms with Gasteiger partial charge in [-0.15, -0.1) is 10.2 Å². The van der Waals surface area contributed by atoms with Gasteiger partial charge in [0.05, 0.1) is 18.8 Å². The summed E-state index contributed by atoms with van der Waals surface area (Å²) in [6.45, 7) is 3.06. The van der Waals surface area contributed by atoms with Crippen molar-refractivity contribution in [2.75, 3.05) is 0 Å². The van der Waals surface area contributed by atoms with Crippen LogP contribution in [0.4, 0.5) is 0 Å². The van der Waals surface area contributed by atoms with E-state index in [9.17, 15) is 4.79 Å². The van der Waals surface area contributed by atoms with E-state index in [1.54, 1.807) is 4.57 Å². The second-order valence-corrected chi connectivity index (χ2v) is 9.12. The fourth-order valence-electron chi connectivity index (χ4n) is 4.44. The number of imidazole rings is 1. The van der Waals surface area contributed by atoms with E-state index in [1.165, 1.54) is 0 Å². The molecule has 0 amide bonds. The third-order valence-corrected chi connectivity index (χ3v) is 6.75. The topological polar surface area (TPSA) is 81.4 Å². The van der Waals surface area contributed by atoms with Gasteiger partial charge in [-0.05, 0) is 40.3 Å². The van der Waals surface area contributed by atoms with Gasteiger partial charge >= 0.3 is 5.69 Å². The number of H-pyrrole nitrogens is 1. The molecule has 0 radical (unpaired) electrons. The van der Waals surface area contributed by atoms with Gasteiger partial charge in [-0.25, -0.2) is 4.79 Å². The number of aromatic amines is 1. The molecule has 7 nitrogen and oxygen atoms in total. The molecule has 2 heterocycles. The molecule has 8 heteroatoms. The van der Waals surface area contributed by atoms with Crippen molar-refractivity contribution in [3.05, 3.63) is 111 Å². The Bertz CT molecular complexity index is 1490. The summed E-state index contributed by atoms with van der Waals surface area (Å²) in [6, 6.07) is 26.1. The van der Waals surface area contributed by atoms with Crippen molar-refractivity contribution < 1.29 is 0 Å². The van der Waals surface area contributed by atoms with Crippen molar-refractivity contribution >= 4 is 11.6 Å². The van der Waals surface area contributed by atoms with E-state index in [1.807, 2.05) is 59.2 Å². The predicted octanol–water partition coefficient (Wildman–Crippen LogP) is 5.59. The van der Waals surface area contributed by atoms with E-state index in [2.05, 4.69) is 51.8 Å². The van der Waals surface area contributed by atoms with E-state index in [4.69, 9.17) is 11.6 Å². The smallest absolute Gasteiger partial charge is 0.290 e. The molecule has 0 fully saturated rings. The Hall–Kier alpha value is -3.97. The SMILES string of the molecule is CCCCc1c(Cl)n(Cc2ccccc2)c(=O)n1Cc1ccc(-c2ccccc2-c2nn[nH]n2)cc1. The highest BCUT2D eigenvalue weighted by atomic mass is 35.5. The molecule has 0 aliphatic carbocycles. The number of tetrazole rings is 1. The Kier molecular flexibility index (Phi) is 7.09. The van der Waals surface area contributed by atoms with Crippen LogP contribution in [0.5, 0.6) is 0 Å². The van der Waals surface area contributed by atoms with E-state index in [-0.39, 0.29) is 5.69 Å². The molecular formula is C28H27ClN6O. The van der Waals surface area contributed by atoms with Crippen LogP contribution in [0.3, 0.4) is 0 Å². The van der Waals surface area contributed by atoms with Gasteiger partial charge in [-0.2, -0.15) is 5.21 Å². The lowest BCUT2D eigenvalue weighted by Crippen LogP contribution is -2.26. The maximum Gasteiger partial charge on any atom is 0.330 e. The van der Waals surface area contributed by atoms with Crippen molar-refractivity contribution in [3.63, 3.8) is 0 Å². The van der Waals surface area contributed by atoms with E-state index >= 15 is 0 Å². The van der Waals surface area contributed by atoms with Crippen LogP contribution >= 0.6 is 11.6 Å². The first-order valence-electron chi connectivity index (χ1n) is 12.1. The molecule has 0 aliphatic rings. The fraction of sp³-hybridized carbons (Fsp3) is 0.214. The van der Waals surface area contributed by atoms with E-state index in [0.717, 1.165) is 52.8 Å². The first-order valence-corrected chi connectivity index (χ1v) is 12.5. The zero-order chi connectivity index (χ0) is 24.9. The highest BCUT2D eigenvalue weighted by molar-refractivity contribution is 6.30. The second-order valence-electron chi connectivity index (χ2n) is 8.76. The lowest BCUT2D eigenvalue weighted by molar-refractivity contribution is 0.655. The molecule has 0 unspecified atom stereocenters. The normalized spacial score (nSPS) is 11.2. The van der Waals surface area contributed by atoms with Crippen molar-refractivity contribution in [2.45, 2.75) is 39.3 Å². The second kappa shape index (κ2) is 10.7. The third kappa shape index (κ3) is 4.88. The summed E-state index contributed by atoms with van der Waals surface area (Å²) in [7, 11) is 0. The Morgan fingerprint density at radius 3 is 2.19 bits per heavy atom. The van der Waals surface area contributed by atoms with Crippen LogP contribution in [0.2, 0.25) is 5.15 Å². The molecule has 5 rings (SSSR count). The molecule has 0 spiro atoms. The Morgan fingerprint density at radius 1 is 0.833 bits per heavy atom. The van der Waals surface area contributed by atoms with Crippen LogP contribution in [-0.2, 0) is 19.5 Å². The van der Waals surface area contributed by atoms with Gasteiger partial charge in [0.25, 0.3) is 0 Å². The van der Waals surface area contributed by atoms with Gasteiger partial charge in [0.1, 0.15) is 5.15 Å². The number of nitrogens with zero attached hydrogens (tertiary/aromatic N) is 5. The van der Waals surface area contributed by atoms with Gasteiger partial charge in [0.2, 0.25) is 5.82 Å². The Morgan fingerprint density at radius 2 is 1.50 bits per heavy atom. The van der Waals surface area contributed by atoms with Crippen molar-refractivity contribution in [3.8, 4) is 22.5 Å². The van der Waals surface area contributed by atoms with Crippen molar-refractivity contribution in [2.24, 2.45) is 0 Å². The Balaban J connectivity index is 1.45. The molecule has 0 aliphatic heterocycles. The number of hydrogen-bond donors (Lipinski definition) is 1. The van der Waals surface area contributed by atoms with Crippen molar-refractivity contribution in [1.29, 1.82) is 0 Å². The fourth-order valence-corrected chi connectivity index (χ4v) is 4.77. The average molecular weight is 499 g/mol. The first-order chi connectivity index (χ1) is 17.7. The molecule has 0 saturated heterocycles. The van der Waals surface area contributed by atoms with Crippen LogP contribution in [0.1, 0.15) is 36.6 Å². The van der Waals surface area contributed by atoms with Gasteiger partial charge in [0, 0.05) is 5.56 Å². The monoisotopic (exact) mass is 498 g/mol. The van der Waals surface area contributed by atoms with Crippen LogP contribution in [-0.4, -0.2) is 29.8 Å². The largest absolute Gasteiger partial charge is 0.330 e. The number of aromatic nitrogens is 6. The third-order valence-electron chi connectivity index (χ3n) is 6.33. The summed E-state index contributed by atoms with van der Waals surface area (Å²) >= 11 is 6.78. The zero-order valence-electron chi connectivity index (χ0n) is 20.1. The lowest BCUT2D eigenvalue weighted by atomic mass is 9.98. The average Bonchev–Trinajstić information content (AvgIpc) is 3.53. The molecular weight excluding hydrogens is 472 g/mol. The van der Waals surface area contributed by atoms with Crippen LogP contribution < -0.4 is 5.69 Å². The molecule has 1 N–H and O–H groups in total. The molecule has 2 aromatic heterocycles. The molecule has 0 saturated carbocycles. The zero-order valence-corrected chi connectivity index (χ0v) is 20.8. The standard InChI is InChI=1S/C28H27ClN6O/c1-2-3-13-25-26(29)35(19-20-9-5-4-6-10-20)28(36)34(25)18-21-14-16-22(17-15-21)23-11-7-8-12-24(23)27-30-32-33-31-27/h4-12,14-17H,2-3,13,18-19H2,1H3,(H,30,31,32,33).